The summed E-state index contributed by atoms with van der Waals surface area (Å²) in [5.74, 6) is -1.30. The molecule has 0 unspecified atom stereocenters. The van der Waals surface area contributed by atoms with Gasteiger partial charge in [-0.15, -0.1) is 10.2 Å². The molecular formula is C24H29N7O4. The fourth-order valence-corrected chi connectivity index (χ4v) is 4.98. The molecule has 0 bridgehead atoms. The van der Waals surface area contributed by atoms with Crippen molar-refractivity contribution in [3.63, 3.8) is 0 Å². The van der Waals surface area contributed by atoms with Crippen molar-refractivity contribution >= 4 is 17.9 Å². The summed E-state index contributed by atoms with van der Waals surface area (Å²) in [4.78, 5) is 43.4. The molecule has 5 rings (SSSR count). The molecule has 1 aromatic heterocycles. The molecule has 2 aromatic rings. The van der Waals surface area contributed by atoms with Gasteiger partial charge in [0.15, 0.2) is 0 Å². The average Bonchev–Trinajstić information content (AvgIpc) is 3.18. The van der Waals surface area contributed by atoms with Crippen molar-refractivity contribution < 1.29 is 19.5 Å². The number of carbonyl (C=O) groups is 3. The van der Waals surface area contributed by atoms with Crippen molar-refractivity contribution in [3.8, 4) is 11.4 Å². The number of allylic oxidation sites excluding steroid dienone is 1. The molecule has 3 heterocycles. The Kier molecular flexibility index (Phi) is 6.00. The summed E-state index contributed by atoms with van der Waals surface area (Å²) in [5.41, 5.74) is -0.497. The fraction of sp³-hybridized carbons (Fsp3) is 0.500. The van der Waals surface area contributed by atoms with Crippen LogP contribution in [0.25, 0.3) is 11.4 Å². The van der Waals surface area contributed by atoms with Crippen LogP contribution in [0.1, 0.15) is 38.1 Å². The van der Waals surface area contributed by atoms with Gasteiger partial charge in [-0.3, -0.25) is 4.79 Å². The highest BCUT2D eigenvalue weighted by Crippen LogP contribution is 2.45. The highest BCUT2D eigenvalue weighted by molar-refractivity contribution is 5.94. The molecule has 1 saturated heterocycles. The predicted molar refractivity (Wildman–Crippen MR) is 125 cm³/mol. The third-order valence-electron chi connectivity index (χ3n) is 7.17. The van der Waals surface area contributed by atoms with Gasteiger partial charge in [0.1, 0.15) is 11.6 Å². The minimum Gasteiger partial charge on any atom is -0.479 e. The average molecular weight is 480 g/mol. The molecule has 2 aliphatic heterocycles. The van der Waals surface area contributed by atoms with Gasteiger partial charge in [0.05, 0.1) is 6.04 Å². The number of carboxylic acid groups (broad SMARTS) is 1. The number of benzene rings is 1. The summed E-state index contributed by atoms with van der Waals surface area (Å²) in [6, 6.07) is 7.99. The molecule has 0 spiro atoms. The van der Waals surface area contributed by atoms with Crippen LogP contribution in [0.3, 0.4) is 0 Å². The Balaban J connectivity index is 1.41. The summed E-state index contributed by atoms with van der Waals surface area (Å²) in [6.45, 7) is 0.805. The summed E-state index contributed by atoms with van der Waals surface area (Å²) in [6.07, 6.45) is 7.01. The number of hydrogen-bond acceptors (Lipinski definition) is 6. The molecule has 4 atom stereocenters. The highest BCUT2D eigenvalue weighted by atomic mass is 16.4. The maximum atomic E-state index is 13.4. The van der Waals surface area contributed by atoms with Crippen LogP contribution in [0, 0.1) is 5.92 Å². The molecule has 3 aliphatic rings. The Morgan fingerprint density at radius 1 is 1.20 bits per heavy atom. The molecule has 11 nitrogen and oxygen atoms in total. The summed E-state index contributed by atoms with van der Waals surface area (Å²) in [5, 5.41) is 25.5. The number of urea groups is 1. The fourth-order valence-electron chi connectivity index (χ4n) is 4.98. The van der Waals surface area contributed by atoms with E-state index in [0.717, 1.165) is 24.8 Å². The first-order valence-corrected chi connectivity index (χ1v) is 12.0. The number of nitrogens with one attached hydrogen (secondary N) is 1. The number of tetrazole rings is 1. The predicted octanol–water partition coefficient (Wildman–Crippen LogP) is 1.71. The van der Waals surface area contributed by atoms with E-state index in [9.17, 15) is 19.5 Å². The second kappa shape index (κ2) is 9.12. The van der Waals surface area contributed by atoms with Crippen molar-refractivity contribution in [3.05, 3.63) is 42.5 Å². The van der Waals surface area contributed by atoms with E-state index >= 15 is 0 Å². The molecule has 2 fully saturated rings. The molecule has 1 aliphatic carbocycles. The number of hydrogen-bond donors (Lipinski definition) is 2. The van der Waals surface area contributed by atoms with Gasteiger partial charge in [-0.1, -0.05) is 42.5 Å². The molecule has 1 saturated carbocycles. The lowest BCUT2D eigenvalue weighted by atomic mass is 10.1. The monoisotopic (exact) mass is 479 g/mol. The Labute approximate surface area is 202 Å². The largest absolute Gasteiger partial charge is 0.479 e. The van der Waals surface area contributed by atoms with Crippen LogP contribution in [0.2, 0.25) is 0 Å². The van der Waals surface area contributed by atoms with Gasteiger partial charge in [-0.25, -0.2) is 9.59 Å². The number of rotatable bonds is 3. The Hall–Kier alpha value is -3.76. The Morgan fingerprint density at radius 2 is 2.00 bits per heavy atom. The molecule has 35 heavy (non-hydrogen) atoms. The summed E-state index contributed by atoms with van der Waals surface area (Å²) in [7, 11) is 1.73. The zero-order valence-corrected chi connectivity index (χ0v) is 19.6. The minimum absolute atomic E-state index is 0.231. The third-order valence-corrected chi connectivity index (χ3v) is 7.17. The molecule has 1 aromatic carbocycles. The van der Waals surface area contributed by atoms with Crippen molar-refractivity contribution in [1.29, 1.82) is 0 Å². The number of aromatic nitrogens is 4. The summed E-state index contributed by atoms with van der Waals surface area (Å²) < 4.78 is 0. The number of aliphatic carboxylic acids is 1. The Morgan fingerprint density at radius 3 is 2.77 bits per heavy atom. The standard InChI is InChI=1S/C24H29N7O4/c1-29-12-8-3-2-7-11-17-14-24(17,22(33)34)25-21(32)19-13-18(15-30(19)23(29)35)31-27-20(26-28-31)16-9-5-4-6-10-16/h4-7,9-11,17-19H,2-3,8,12-15H2,1H3,(H,25,32)(H,33,34)/b11-7-/t17-,18-,19+,24-/m1/s1. The smallest absolute Gasteiger partial charge is 0.330 e. The lowest BCUT2D eigenvalue weighted by molar-refractivity contribution is -0.144. The number of carbonyl (C=O) groups excluding carboxylic acids is 2. The quantitative estimate of drug-likeness (QED) is 0.640. The normalized spacial score (nSPS) is 30.1. The van der Waals surface area contributed by atoms with Gasteiger partial charge >= 0.3 is 12.0 Å². The lowest BCUT2D eigenvalue weighted by Crippen LogP contribution is -2.54. The van der Waals surface area contributed by atoms with Crippen LogP contribution < -0.4 is 5.32 Å². The number of nitrogens with zero attached hydrogens (tertiary/aromatic N) is 6. The van der Waals surface area contributed by atoms with Crippen molar-refractivity contribution in [1.82, 2.24) is 35.3 Å². The highest BCUT2D eigenvalue weighted by Gasteiger charge is 2.61. The SMILES string of the molecule is CN1CCCC/C=C\[C@@H]2C[C@@]2(C(=O)O)NC(=O)[C@@H]2C[C@@H](n3nnc(-c4ccccc4)n3)CN2C1=O. The first-order chi connectivity index (χ1) is 16.9. The molecule has 0 radical (unpaired) electrons. The van der Waals surface area contributed by atoms with Gasteiger partial charge < -0.3 is 20.2 Å². The number of carboxylic acids is 1. The molecule has 2 N–H and O–H groups in total. The first kappa shape index (κ1) is 23.0. The van der Waals surface area contributed by atoms with E-state index in [2.05, 4.69) is 20.7 Å². The first-order valence-electron chi connectivity index (χ1n) is 12.0. The van der Waals surface area contributed by atoms with E-state index in [-0.39, 0.29) is 31.0 Å². The lowest BCUT2D eigenvalue weighted by Gasteiger charge is -2.29. The maximum absolute atomic E-state index is 13.4. The van der Waals surface area contributed by atoms with Crippen molar-refractivity contribution in [2.24, 2.45) is 5.92 Å². The topological polar surface area (TPSA) is 134 Å². The summed E-state index contributed by atoms with van der Waals surface area (Å²) >= 11 is 0. The number of amides is 3. The molecular weight excluding hydrogens is 450 g/mol. The number of fused-ring (bicyclic) bond motifs is 2. The van der Waals surface area contributed by atoms with Gasteiger partial charge in [0.25, 0.3) is 0 Å². The zero-order valence-electron chi connectivity index (χ0n) is 19.6. The van der Waals surface area contributed by atoms with Gasteiger partial charge in [-0.05, 0) is 30.9 Å². The van der Waals surface area contributed by atoms with Crippen molar-refractivity contribution in [2.45, 2.75) is 49.7 Å². The third kappa shape index (κ3) is 4.38. The van der Waals surface area contributed by atoms with E-state index in [0.29, 0.717) is 18.8 Å². The van der Waals surface area contributed by atoms with Gasteiger partial charge in [0.2, 0.25) is 11.7 Å². The minimum atomic E-state index is -1.32. The van der Waals surface area contributed by atoms with Crippen LogP contribution in [-0.4, -0.2) is 84.7 Å². The van der Waals surface area contributed by atoms with E-state index in [4.69, 9.17) is 0 Å². The second-order valence-electron chi connectivity index (χ2n) is 9.56. The zero-order chi connectivity index (χ0) is 24.6. The van der Waals surface area contributed by atoms with E-state index in [1.54, 1.807) is 11.9 Å². The molecule has 3 amide bonds. The molecule has 184 valence electrons. The van der Waals surface area contributed by atoms with Crippen LogP contribution in [0.4, 0.5) is 4.79 Å². The second-order valence-corrected chi connectivity index (χ2v) is 9.56. The molecule has 11 heteroatoms. The van der Waals surface area contributed by atoms with E-state index < -0.39 is 23.5 Å². The van der Waals surface area contributed by atoms with E-state index in [1.165, 1.54) is 9.70 Å². The Bertz CT molecular complexity index is 1150. The van der Waals surface area contributed by atoms with Crippen LogP contribution in [0.15, 0.2) is 42.5 Å². The van der Waals surface area contributed by atoms with Crippen LogP contribution in [0.5, 0.6) is 0 Å². The van der Waals surface area contributed by atoms with Crippen LogP contribution in [-0.2, 0) is 9.59 Å². The van der Waals surface area contributed by atoms with Crippen LogP contribution >= 0.6 is 0 Å². The van der Waals surface area contributed by atoms with Crippen molar-refractivity contribution in [2.75, 3.05) is 20.1 Å². The van der Waals surface area contributed by atoms with Gasteiger partial charge in [-0.2, -0.15) is 4.80 Å². The maximum Gasteiger partial charge on any atom is 0.330 e. The van der Waals surface area contributed by atoms with E-state index in [1.807, 2.05) is 42.5 Å². The van der Waals surface area contributed by atoms with Gasteiger partial charge in [0, 0.05) is 38.0 Å².